The molecule has 1 saturated heterocycles. The maximum absolute atomic E-state index is 12.4. The summed E-state index contributed by atoms with van der Waals surface area (Å²) in [6.45, 7) is 5.11. The molecule has 1 aromatic heterocycles. The minimum atomic E-state index is 0.133. The summed E-state index contributed by atoms with van der Waals surface area (Å²) in [6.07, 6.45) is 2.72. The number of hydrogen-bond acceptors (Lipinski definition) is 3. The molecule has 0 atom stereocenters. The molecule has 5 nitrogen and oxygen atoms in total. The van der Waals surface area contributed by atoms with E-state index in [2.05, 4.69) is 75.4 Å². The van der Waals surface area contributed by atoms with E-state index in [1.165, 1.54) is 22.2 Å². The number of nitrogens with one attached hydrogen (secondary N) is 1. The number of hydrogen-bond donors (Lipinski definition) is 1. The van der Waals surface area contributed by atoms with Gasteiger partial charge >= 0.3 is 0 Å². The summed E-state index contributed by atoms with van der Waals surface area (Å²) < 4.78 is 7.49. The van der Waals surface area contributed by atoms with Gasteiger partial charge in [0.2, 0.25) is 5.91 Å². The first-order valence-electron chi connectivity index (χ1n) is 11.3. The molecule has 1 aliphatic heterocycles. The van der Waals surface area contributed by atoms with Crippen molar-refractivity contribution < 1.29 is 9.53 Å². The number of likely N-dealkylation sites (tertiary alicyclic amines) is 1. The van der Waals surface area contributed by atoms with Crippen molar-refractivity contribution in [2.45, 2.75) is 32.4 Å². The summed E-state index contributed by atoms with van der Waals surface area (Å²) in [6, 6.07) is 21.6. The first-order valence-corrected chi connectivity index (χ1v) is 11.3. The van der Waals surface area contributed by atoms with Gasteiger partial charge < -0.3 is 14.6 Å². The predicted molar refractivity (Wildman–Crippen MR) is 125 cm³/mol. The summed E-state index contributed by atoms with van der Waals surface area (Å²) in [5, 5.41) is 4.35. The average Bonchev–Trinajstić information content (AvgIpc) is 3.14. The van der Waals surface area contributed by atoms with E-state index in [9.17, 15) is 4.79 Å². The summed E-state index contributed by atoms with van der Waals surface area (Å²) in [5.74, 6) is 0.336. The Balaban J connectivity index is 1.39. The molecule has 164 valence electrons. The summed E-state index contributed by atoms with van der Waals surface area (Å²) in [5.41, 5.74) is 3.94. The van der Waals surface area contributed by atoms with E-state index >= 15 is 0 Å². The predicted octanol–water partition coefficient (Wildman–Crippen LogP) is 4.05. The monoisotopic (exact) mass is 419 g/mol. The van der Waals surface area contributed by atoms with Gasteiger partial charge in [-0.05, 0) is 55.4 Å². The van der Waals surface area contributed by atoms with E-state index in [1.54, 1.807) is 7.11 Å². The van der Waals surface area contributed by atoms with Crippen LogP contribution >= 0.6 is 0 Å². The van der Waals surface area contributed by atoms with Crippen molar-refractivity contribution in [3.8, 4) is 0 Å². The number of para-hydroxylation sites is 1. The number of carbonyl (C=O) groups is 1. The Morgan fingerprint density at radius 1 is 1.03 bits per heavy atom. The van der Waals surface area contributed by atoms with Crippen LogP contribution in [0.25, 0.3) is 10.9 Å². The van der Waals surface area contributed by atoms with Crippen LogP contribution < -0.4 is 5.32 Å². The van der Waals surface area contributed by atoms with Crippen LogP contribution in [0.1, 0.15) is 30.5 Å². The van der Waals surface area contributed by atoms with Crippen molar-refractivity contribution in [2.75, 3.05) is 33.4 Å². The number of rotatable bonds is 9. The van der Waals surface area contributed by atoms with Crippen LogP contribution in [0, 0.1) is 5.92 Å². The molecule has 1 aliphatic rings. The smallest absolute Gasteiger partial charge is 0.223 e. The number of carbonyl (C=O) groups excluding carboxylic acids is 1. The number of piperidine rings is 1. The number of benzene rings is 2. The van der Waals surface area contributed by atoms with Crippen molar-refractivity contribution in [3.05, 3.63) is 71.9 Å². The van der Waals surface area contributed by atoms with Crippen LogP contribution in [-0.2, 0) is 22.6 Å². The first-order chi connectivity index (χ1) is 15.2. The summed E-state index contributed by atoms with van der Waals surface area (Å²) in [7, 11) is 1.69. The van der Waals surface area contributed by atoms with E-state index in [0.29, 0.717) is 13.2 Å². The van der Waals surface area contributed by atoms with E-state index in [4.69, 9.17) is 4.74 Å². The molecule has 1 N–H and O–H groups in total. The molecule has 2 heterocycles. The molecule has 5 heteroatoms. The highest BCUT2D eigenvalue weighted by atomic mass is 16.5. The second-order valence-corrected chi connectivity index (χ2v) is 8.45. The van der Waals surface area contributed by atoms with E-state index in [1.807, 2.05) is 0 Å². The number of aromatic nitrogens is 1. The van der Waals surface area contributed by atoms with Gasteiger partial charge in [0.1, 0.15) is 0 Å². The van der Waals surface area contributed by atoms with Crippen LogP contribution in [0.2, 0.25) is 0 Å². The van der Waals surface area contributed by atoms with Crippen LogP contribution in [0.15, 0.2) is 60.7 Å². The molecular formula is C26H33N3O2. The van der Waals surface area contributed by atoms with E-state index in [0.717, 1.165) is 45.4 Å². The lowest BCUT2D eigenvalue weighted by Crippen LogP contribution is -2.40. The fourth-order valence-corrected chi connectivity index (χ4v) is 4.51. The lowest BCUT2D eigenvalue weighted by Gasteiger charge is -2.31. The van der Waals surface area contributed by atoms with Crippen LogP contribution in [0.4, 0.5) is 0 Å². The van der Waals surface area contributed by atoms with Gasteiger partial charge in [-0.25, -0.2) is 0 Å². The maximum atomic E-state index is 12.4. The molecule has 1 fully saturated rings. The zero-order valence-electron chi connectivity index (χ0n) is 18.4. The van der Waals surface area contributed by atoms with Gasteiger partial charge in [-0.3, -0.25) is 9.69 Å². The maximum Gasteiger partial charge on any atom is 0.223 e. The molecule has 0 saturated carbocycles. The van der Waals surface area contributed by atoms with Gasteiger partial charge in [0.25, 0.3) is 0 Å². The Kier molecular flexibility index (Phi) is 7.39. The Morgan fingerprint density at radius 2 is 1.77 bits per heavy atom. The zero-order chi connectivity index (χ0) is 21.5. The molecule has 0 radical (unpaired) electrons. The number of amides is 1. The summed E-state index contributed by atoms with van der Waals surface area (Å²) >= 11 is 0. The van der Waals surface area contributed by atoms with Gasteiger partial charge in [0.05, 0.1) is 0 Å². The number of methoxy groups -OCH3 is 1. The van der Waals surface area contributed by atoms with Gasteiger partial charge in [0.15, 0.2) is 0 Å². The third-order valence-corrected chi connectivity index (χ3v) is 6.25. The lowest BCUT2D eigenvalue weighted by atomic mass is 9.96. The van der Waals surface area contributed by atoms with Gasteiger partial charge in [-0.1, -0.05) is 48.5 Å². The Labute approximate surface area is 185 Å². The normalized spacial score (nSPS) is 15.4. The third kappa shape index (κ3) is 5.54. The number of ether oxygens (including phenoxy) is 1. The molecule has 3 aromatic rings. The van der Waals surface area contributed by atoms with Crippen LogP contribution in [0.3, 0.4) is 0 Å². The Morgan fingerprint density at radius 3 is 2.55 bits per heavy atom. The SMILES string of the molecule is COCCCNC(=O)C1CCN(Cc2cc3ccccc3n2Cc2ccccc2)CC1. The fraction of sp³-hybridized carbons (Fsp3) is 0.423. The molecular weight excluding hydrogens is 386 g/mol. The minimum Gasteiger partial charge on any atom is -0.385 e. The highest BCUT2D eigenvalue weighted by molar-refractivity contribution is 5.81. The van der Waals surface area contributed by atoms with E-state index in [-0.39, 0.29) is 11.8 Å². The molecule has 1 amide bonds. The second kappa shape index (κ2) is 10.6. The van der Waals surface area contributed by atoms with Gasteiger partial charge in [-0.15, -0.1) is 0 Å². The largest absolute Gasteiger partial charge is 0.385 e. The highest BCUT2D eigenvalue weighted by Gasteiger charge is 2.25. The quantitative estimate of drug-likeness (QED) is 0.532. The topological polar surface area (TPSA) is 46.5 Å². The molecule has 2 aromatic carbocycles. The highest BCUT2D eigenvalue weighted by Crippen LogP contribution is 2.25. The van der Waals surface area contributed by atoms with Crippen molar-refractivity contribution >= 4 is 16.8 Å². The Hall–Kier alpha value is -2.63. The molecule has 31 heavy (non-hydrogen) atoms. The minimum absolute atomic E-state index is 0.133. The van der Waals surface area contributed by atoms with Gasteiger partial charge in [0, 0.05) is 50.5 Å². The third-order valence-electron chi connectivity index (χ3n) is 6.25. The molecule has 0 bridgehead atoms. The van der Waals surface area contributed by atoms with Crippen molar-refractivity contribution in [3.63, 3.8) is 0 Å². The van der Waals surface area contributed by atoms with Crippen molar-refractivity contribution in [2.24, 2.45) is 5.92 Å². The molecule has 4 rings (SSSR count). The van der Waals surface area contributed by atoms with E-state index < -0.39 is 0 Å². The van der Waals surface area contributed by atoms with Crippen LogP contribution in [0.5, 0.6) is 0 Å². The molecule has 0 spiro atoms. The van der Waals surface area contributed by atoms with Crippen molar-refractivity contribution in [1.29, 1.82) is 0 Å². The number of nitrogens with zero attached hydrogens (tertiary/aromatic N) is 2. The Bertz CT molecular complexity index is 975. The molecule has 0 aliphatic carbocycles. The summed E-state index contributed by atoms with van der Waals surface area (Å²) in [4.78, 5) is 14.9. The second-order valence-electron chi connectivity index (χ2n) is 8.45. The lowest BCUT2D eigenvalue weighted by molar-refractivity contribution is -0.126. The van der Waals surface area contributed by atoms with Crippen molar-refractivity contribution in [1.82, 2.24) is 14.8 Å². The average molecular weight is 420 g/mol. The van der Waals surface area contributed by atoms with Gasteiger partial charge in [-0.2, -0.15) is 0 Å². The zero-order valence-corrected chi connectivity index (χ0v) is 18.4. The number of fused-ring (bicyclic) bond motifs is 1. The fourth-order valence-electron chi connectivity index (χ4n) is 4.51. The van der Waals surface area contributed by atoms with Crippen LogP contribution in [-0.4, -0.2) is 48.7 Å². The molecule has 0 unspecified atom stereocenters. The first kappa shape index (κ1) is 21.6. The standard InChI is InChI=1S/C26H33N3O2/c1-31-17-7-14-27-26(30)22-12-15-28(16-13-22)20-24-18-23-10-5-6-11-25(23)29(24)19-21-8-3-2-4-9-21/h2-6,8-11,18,22H,7,12-17,19-20H2,1H3,(H,27,30).